The maximum Gasteiger partial charge on any atom is 0.321 e. The van der Waals surface area contributed by atoms with Gasteiger partial charge in [-0.3, -0.25) is 10.1 Å². The zero-order valence-electron chi connectivity index (χ0n) is 15.8. The van der Waals surface area contributed by atoms with Crippen molar-refractivity contribution >= 4 is 17.9 Å². The smallest absolute Gasteiger partial charge is 0.321 e. The number of H-pyrrole nitrogens is 1. The van der Waals surface area contributed by atoms with Crippen molar-refractivity contribution in [2.75, 3.05) is 11.9 Å². The summed E-state index contributed by atoms with van der Waals surface area (Å²) in [5.41, 5.74) is 0. The molecular formula is C19H34N4O3. The van der Waals surface area contributed by atoms with Crippen LogP contribution >= 0.6 is 0 Å². The number of nitrogens with one attached hydrogen (secondary N) is 3. The molecule has 2 amide bonds. The SMILES string of the molecule is O=C(O)CCCCCCCCCCCCCCNC(=O)Nc1ncc[nH]1. The van der Waals surface area contributed by atoms with Crippen LogP contribution in [-0.2, 0) is 4.79 Å². The standard InChI is InChI=1S/C19H34N4O3/c24-17(25)13-11-9-7-5-3-1-2-4-6-8-10-12-14-22-19(26)23-18-20-15-16-21-18/h15-16H,1-14H2,(H,24,25)(H3,20,21,22,23,26). The number of carboxylic acid groups (broad SMARTS) is 1. The van der Waals surface area contributed by atoms with Crippen LogP contribution in [0.2, 0.25) is 0 Å². The summed E-state index contributed by atoms with van der Waals surface area (Å²) >= 11 is 0. The first-order valence-electron chi connectivity index (χ1n) is 9.94. The summed E-state index contributed by atoms with van der Waals surface area (Å²) in [6, 6.07) is -0.220. The van der Waals surface area contributed by atoms with E-state index in [1.54, 1.807) is 12.4 Å². The minimum atomic E-state index is -0.682. The van der Waals surface area contributed by atoms with Gasteiger partial charge in [0.25, 0.3) is 0 Å². The number of hydrogen-bond acceptors (Lipinski definition) is 3. The minimum Gasteiger partial charge on any atom is -0.481 e. The summed E-state index contributed by atoms with van der Waals surface area (Å²) in [6.07, 6.45) is 17.6. The van der Waals surface area contributed by atoms with Gasteiger partial charge in [-0.2, -0.15) is 0 Å². The number of carbonyl (C=O) groups is 2. The van der Waals surface area contributed by atoms with E-state index in [1.807, 2.05) is 0 Å². The molecule has 4 N–H and O–H groups in total. The molecule has 0 aliphatic rings. The Morgan fingerprint density at radius 3 is 1.92 bits per heavy atom. The van der Waals surface area contributed by atoms with Gasteiger partial charge in [0.1, 0.15) is 0 Å². The molecule has 0 fully saturated rings. The molecule has 0 radical (unpaired) electrons. The molecule has 0 aliphatic heterocycles. The van der Waals surface area contributed by atoms with Crippen molar-refractivity contribution in [2.24, 2.45) is 0 Å². The van der Waals surface area contributed by atoms with E-state index in [2.05, 4.69) is 20.6 Å². The fraction of sp³-hybridized carbons (Fsp3) is 0.737. The van der Waals surface area contributed by atoms with Gasteiger partial charge in [0, 0.05) is 25.4 Å². The van der Waals surface area contributed by atoms with Gasteiger partial charge < -0.3 is 15.4 Å². The lowest BCUT2D eigenvalue weighted by Crippen LogP contribution is -2.29. The fourth-order valence-electron chi connectivity index (χ4n) is 2.86. The Bertz CT molecular complexity index is 477. The number of imidazole rings is 1. The molecule has 0 saturated carbocycles. The van der Waals surface area contributed by atoms with Crippen LogP contribution in [0.5, 0.6) is 0 Å². The number of nitrogens with zero attached hydrogens (tertiary/aromatic N) is 1. The van der Waals surface area contributed by atoms with Crippen molar-refractivity contribution < 1.29 is 14.7 Å². The number of rotatable bonds is 16. The number of aromatic amines is 1. The first kappa shape index (κ1) is 22.0. The van der Waals surface area contributed by atoms with Crippen LogP contribution in [0.1, 0.15) is 83.5 Å². The van der Waals surface area contributed by atoms with Gasteiger partial charge in [-0.15, -0.1) is 0 Å². The predicted octanol–water partition coefficient (Wildman–Crippen LogP) is 4.69. The molecule has 0 saturated heterocycles. The van der Waals surface area contributed by atoms with Gasteiger partial charge >= 0.3 is 12.0 Å². The van der Waals surface area contributed by atoms with Crippen LogP contribution in [-0.4, -0.2) is 33.6 Å². The molecule has 1 aromatic heterocycles. The number of carbonyl (C=O) groups excluding carboxylic acids is 1. The van der Waals surface area contributed by atoms with E-state index in [1.165, 1.54) is 44.9 Å². The highest BCUT2D eigenvalue weighted by atomic mass is 16.4. The third-order valence-electron chi connectivity index (χ3n) is 4.33. The summed E-state index contributed by atoms with van der Waals surface area (Å²) in [5, 5.41) is 14.0. The molecule has 7 nitrogen and oxygen atoms in total. The Morgan fingerprint density at radius 2 is 1.42 bits per heavy atom. The highest BCUT2D eigenvalue weighted by Crippen LogP contribution is 2.12. The minimum absolute atomic E-state index is 0.220. The number of anilines is 1. The average molecular weight is 367 g/mol. The van der Waals surface area contributed by atoms with E-state index in [-0.39, 0.29) is 6.03 Å². The first-order chi connectivity index (χ1) is 12.7. The summed E-state index contributed by atoms with van der Waals surface area (Å²) in [4.78, 5) is 28.7. The second kappa shape index (κ2) is 15.2. The lowest BCUT2D eigenvalue weighted by Gasteiger charge is -2.05. The van der Waals surface area contributed by atoms with Crippen molar-refractivity contribution in [2.45, 2.75) is 83.5 Å². The number of hydrogen-bond donors (Lipinski definition) is 4. The molecule has 0 aliphatic carbocycles. The Hall–Kier alpha value is -2.05. The number of amides is 2. The molecular weight excluding hydrogens is 332 g/mol. The molecule has 0 aromatic carbocycles. The monoisotopic (exact) mass is 366 g/mol. The average Bonchev–Trinajstić information content (AvgIpc) is 3.11. The molecule has 1 aromatic rings. The van der Waals surface area contributed by atoms with Crippen molar-refractivity contribution in [1.29, 1.82) is 0 Å². The zero-order chi connectivity index (χ0) is 18.9. The largest absolute Gasteiger partial charge is 0.481 e. The van der Waals surface area contributed by atoms with E-state index >= 15 is 0 Å². The number of unbranched alkanes of at least 4 members (excludes halogenated alkanes) is 11. The zero-order valence-corrected chi connectivity index (χ0v) is 15.8. The van der Waals surface area contributed by atoms with Crippen LogP contribution in [0, 0.1) is 0 Å². The molecule has 1 rings (SSSR count). The summed E-state index contributed by atoms with van der Waals surface area (Å²) < 4.78 is 0. The van der Waals surface area contributed by atoms with Gasteiger partial charge in [0.2, 0.25) is 5.95 Å². The van der Waals surface area contributed by atoms with Gasteiger partial charge in [-0.1, -0.05) is 64.2 Å². The summed E-state index contributed by atoms with van der Waals surface area (Å²) in [7, 11) is 0. The van der Waals surface area contributed by atoms with E-state index in [0.29, 0.717) is 18.9 Å². The molecule has 7 heteroatoms. The van der Waals surface area contributed by atoms with Crippen LogP contribution in [0.4, 0.5) is 10.7 Å². The van der Waals surface area contributed by atoms with Gasteiger partial charge in [0.05, 0.1) is 0 Å². The van der Waals surface area contributed by atoms with Crippen molar-refractivity contribution in [1.82, 2.24) is 15.3 Å². The maximum atomic E-state index is 11.6. The lowest BCUT2D eigenvalue weighted by atomic mass is 10.0. The molecule has 0 spiro atoms. The summed E-state index contributed by atoms with van der Waals surface area (Å²) in [5.74, 6) is -0.222. The Balaban J connectivity index is 1.74. The highest BCUT2D eigenvalue weighted by Gasteiger charge is 2.01. The third-order valence-corrected chi connectivity index (χ3v) is 4.33. The topological polar surface area (TPSA) is 107 Å². The second-order valence-corrected chi connectivity index (χ2v) is 6.71. The molecule has 26 heavy (non-hydrogen) atoms. The highest BCUT2D eigenvalue weighted by molar-refractivity contribution is 5.87. The van der Waals surface area contributed by atoms with E-state index in [9.17, 15) is 9.59 Å². The van der Waals surface area contributed by atoms with Gasteiger partial charge in [-0.25, -0.2) is 9.78 Å². The van der Waals surface area contributed by atoms with Crippen LogP contribution in [0.15, 0.2) is 12.4 Å². The maximum absolute atomic E-state index is 11.6. The quantitative estimate of drug-likeness (QED) is 0.318. The van der Waals surface area contributed by atoms with Crippen molar-refractivity contribution in [3.8, 4) is 0 Å². The fourth-order valence-corrected chi connectivity index (χ4v) is 2.86. The Morgan fingerprint density at radius 1 is 0.885 bits per heavy atom. The Labute approximate surface area is 156 Å². The number of urea groups is 1. The van der Waals surface area contributed by atoms with Gasteiger partial charge in [0.15, 0.2) is 0 Å². The molecule has 0 atom stereocenters. The molecule has 1 heterocycles. The van der Waals surface area contributed by atoms with Crippen molar-refractivity contribution in [3.63, 3.8) is 0 Å². The van der Waals surface area contributed by atoms with E-state index in [4.69, 9.17) is 5.11 Å². The van der Waals surface area contributed by atoms with Crippen LogP contribution < -0.4 is 10.6 Å². The van der Waals surface area contributed by atoms with Crippen molar-refractivity contribution in [3.05, 3.63) is 12.4 Å². The second-order valence-electron chi connectivity index (χ2n) is 6.71. The molecule has 0 bridgehead atoms. The van der Waals surface area contributed by atoms with Gasteiger partial charge in [-0.05, 0) is 12.8 Å². The van der Waals surface area contributed by atoms with Crippen LogP contribution in [0.3, 0.4) is 0 Å². The predicted molar refractivity (Wildman–Crippen MR) is 103 cm³/mol. The third kappa shape index (κ3) is 13.3. The first-order valence-corrected chi connectivity index (χ1v) is 9.94. The molecule has 148 valence electrons. The molecule has 0 unspecified atom stereocenters. The van der Waals surface area contributed by atoms with Crippen LogP contribution in [0.25, 0.3) is 0 Å². The van der Waals surface area contributed by atoms with E-state index < -0.39 is 5.97 Å². The summed E-state index contributed by atoms with van der Waals surface area (Å²) in [6.45, 7) is 0.689. The normalized spacial score (nSPS) is 10.6. The number of aliphatic carboxylic acids is 1. The Kier molecular flexibility index (Phi) is 12.9. The van der Waals surface area contributed by atoms with E-state index in [0.717, 1.165) is 32.1 Å². The number of carboxylic acids is 1. The lowest BCUT2D eigenvalue weighted by molar-refractivity contribution is -0.137. The number of aromatic nitrogens is 2.